The fraction of sp³-hybridized carbons (Fsp3) is 0.900. The fourth-order valence-corrected chi connectivity index (χ4v) is 5.82. The molecule has 2 saturated carbocycles. The Kier molecular flexibility index (Phi) is 5.30. The fourth-order valence-electron chi connectivity index (χ4n) is 5.82. The van der Waals surface area contributed by atoms with Gasteiger partial charge >= 0.3 is 0 Å². The predicted molar refractivity (Wildman–Crippen MR) is 95.0 cm³/mol. The molecule has 2 aliphatic carbocycles. The minimum Gasteiger partial charge on any atom is -0.362 e. The van der Waals surface area contributed by atoms with Crippen molar-refractivity contribution in [3.63, 3.8) is 0 Å². The van der Waals surface area contributed by atoms with Crippen LogP contribution in [0.5, 0.6) is 0 Å². The SMILES string of the molecule is O=C(COCC(=O)N1CCC2CCCCC21)N1CCC2CCCCC21. The van der Waals surface area contributed by atoms with Crippen LogP contribution in [0, 0.1) is 11.8 Å². The van der Waals surface area contributed by atoms with Crippen molar-refractivity contribution < 1.29 is 14.3 Å². The number of carbonyl (C=O) groups excluding carboxylic acids is 2. The Hall–Kier alpha value is -1.10. The maximum Gasteiger partial charge on any atom is 0.248 e. The molecule has 2 saturated heterocycles. The summed E-state index contributed by atoms with van der Waals surface area (Å²) >= 11 is 0. The van der Waals surface area contributed by atoms with Gasteiger partial charge in [0.1, 0.15) is 13.2 Å². The van der Waals surface area contributed by atoms with Gasteiger partial charge in [0.2, 0.25) is 11.8 Å². The van der Waals surface area contributed by atoms with Gasteiger partial charge in [-0.05, 0) is 50.4 Å². The van der Waals surface area contributed by atoms with E-state index < -0.39 is 0 Å². The molecule has 0 aromatic carbocycles. The van der Waals surface area contributed by atoms with E-state index >= 15 is 0 Å². The van der Waals surface area contributed by atoms with Gasteiger partial charge in [-0.3, -0.25) is 9.59 Å². The highest BCUT2D eigenvalue weighted by atomic mass is 16.5. The molecular formula is C20H32N2O3. The molecule has 4 atom stereocenters. The molecule has 4 fully saturated rings. The van der Waals surface area contributed by atoms with Gasteiger partial charge in [0, 0.05) is 25.2 Å². The second kappa shape index (κ2) is 7.65. The monoisotopic (exact) mass is 348 g/mol. The molecule has 25 heavy (non-hydrogen) atoms. The zero-order chi connectivity index (χ0) is 17.2. The summed E-state index contributed by atoms with van der Waals surface area (Å²) in [6, 6.07) is 0.865. The standard InChI is InChI=1S/C20H32N2O3/c23-19(21-11-9-15-5-1-3-7-17(15)21)13-25-14-20(24)22-12-10-16-6-2-4-8-18(16)22/h15-18H,1-14H2. The second-order valence-electron chi connectivity index (χ2n) is 8.47. The van der Waals surface area contributed by atoms with E-state index in [1.165, 1.54) is 38.5 Å². The van der Waals surface area contributed by atoms with Gasteiger partial charge in [0.25, 0.3) is 0 Å². The summed E-state index contributed by atoms with van der Waals surface area (Å²) in [7, 11) is 0. The normalized spacial score (nSPS) is 34.7. The Bertz CT molecular complexity index is 465. The number of hydrogen-bond donors (Lipinski definition) is 0. The van der Waals surface area contributed by atoms with Crippen LogP contribution in [-0.4, -0.2) is 60.0 Å². The van der Waals surface area contributed by atoms with Gasteiger partial charge in [0.05, 0.1) is 0 Å². The molecule has 0 spiro atoms. The van der Waals surface area contributed by atoms with Crippen LogP contribution in [0.4, 0.5) is 0 Å². The lowest BCUT2D eigenvalue weighted by Crippen LogP contribution is -2.43. The summed E-state index contributed by atoms with van der Waals surface area (Å²) in [6.45, 7) is 1.89. The summed E-state index contributed by atoms with van der Waals surface area (Å²) in [4.78, 5) is 29.1. The van der Waals surface area contributed by atoms with Gasteiger partial charge in [-0.15, -0.1) is 0 Å². The molecule has 0 aromatic heterocycles. The van der Waals surface area contributed by atoms with Crippen molar-refractivity contribution in [2.24, 2.45) is 11.8 Å². The summed E-state index contributed by atoms with van der Waals surface area (Å²) < 4.78 is 5.56. The molecule has 5 nitrogen and oxygen atoms in total. The van der Waals surface area contributed by atoms with Gasteiger partial charge < -0.3 is 14.5 Å². The maximum atomic E-state index is 12.5. The molecular weight excluding hydrogens is 316 g/mol. The van der Waals surface area contributed by atoms with Crippen molar-refractivity contribution in [1.29, 1.82) is 0 Å². The van der Waals surface area contributed by atoms with Crippen molar-refractivity contribution in [3.8, 4) is 0 Å². The topological polar surface area (TPSA) is 49.9 Å². The summed E-state index contributed by atoms with van der Waals surface area (Å²) in [5, 5.41) is 0. The average Bonchev–Trinajstić information content (AvgIpc) is 3.26. The number of ether oxygens (including phenoxy) is 1. The zero-order valence-corrected chi connectivity index (χ0v) is 15.3. The molecule has 5 heteroatoms. The van der Waals surface area contributed by atoms with Crippen LogP contribution < -0.4 is 0 Å². The first-order valence-corrected chi connectivity index (χ1v) is 10.4. The summed E-state index contributed by atoms with van der Waals surface area (Å²) in [6.07, 6.45) is 12.2. The van der Waals surface area contributed by atoms with Crippen molar-refractivity contribution >= 4 is 11.8 Å². The van der Waals surface area contributed by atoms with E-state index in [2.05, 4.69) is 0 Å². The Morgan fingerprint density at radius 2 is 1.12 bits per heavy atom. The van der Waals surface area contributed by atoms with E-state index in [0.29, 0.717) is 23.9 Å². The quantitative estimate of drug-likeness (QED) is 0.785. The molecule has 0 aromatic rings. The number of likely N-dealkylation sites (tertiary alicyclic amines) is 2. The molecule has 4 rings (SSSR count). The molecule has 2 amide bonds. The first-order valence-electron chi connectivity index (χ1n) is 10.4. The lowest BCUT2D eigenvalue weighted by molar-refractivity contribution is -0.143. The van der Waals surface area contributed by atoms with E-state index in [-0.39, 0.29) is 25.0 Å². The lowest BCUT2D eigenvalue weighted by atomic mass is 9.85. The van der Waals surface area contributed by atoms with Gasteiger partial charge in [0.15, 0.2) is 0 Å². The summed E-state index contributed by atoms with van der Waals surface area (Å²) in [5.41, 5.74) is 0. The molecule has 2 aliphatic heterocycles. The molecule has 0 N–H and O–H groups in total. The summed E-state index contributed by atoms with van der Waals surface area (Å²) in [5.74, 6) is 1.57. The first-order chi connectivity index (χ1) is 12.2. The Morgan fingerprint density at radius 1 is 0.680 bits per heavy atom. The highest BCUT2D eigenvalue weighted by Crippen LogP contribution is 2.37. The molecule has 0 bridgehead atoms. The highest BCUT2D eigenvalue weighted by molar-refractivity contribution is 5.80. The van der Waals surface area contributed by atoms with Crippen molar-refractivity contribution in [1.82, 2.24) is 9.80 Å². The van der Waals surface area contributed by atoms with Crippen LogP contribution in [0.1, 0.15) is 64.2 Å². The lowest BCUT2D eigenvalue weighted by Gasteiger charge is -2.32. The number of nitrogens with zero attached hydrogens (tertiary/aromatic N) is 2. The van der Waals surface area contributed by atoms with E-state index in [1.807, 2.05) is 9.80 Å². The molecule has 4 aliphatic rings. The largest absolute Gasteiger partial charge is 0.362 e. The predicted octanol–water partition coefficient (Wildman–Crippen LogP) is 2.59. The third kappa shape index (κ3) is 3.57. The number of hydrogen-bond acceptors (Lipinski definition) is 3. The maximum absolute atomic E-state index is 12.5. The molecule has 140 valence electrons. The minimum atomic E-state index is 0.0664. The van der Waals surface area contributed by atoms with Crippen LogP contribution in [-0.2, 0) is 14.3 Å². The third-order valence-corrected chi connectivity index (χ3v) is 7.11. The van der Waals surface area contributed by atoms with E-state index in [9.17, 15) is 9.59 Å². The van der Waals surface area contributed by atoms with Crippen LogP contribution in [0.15, 0.2) is 0 Å². The third-order valence-electron chi connectivity index (χ3n) is 7.11. The molecule has 0 radical (unpaired) electrons. The van der Waals surface area contributed by atoms with Crippen molar-refractivity contribution in [2.75, 3.05) is 26.3 Å². The average molecular weight is 348 g/mol. The van der Waals surface area contributed by atoms with E-state index in [4.69, 9.17) is 4.74 Å². The van der Waals surface area contributed by atoms with Crippen LogP contribution in [0.25, 0.3) is 0 Å². The number of fused-ring (bicyclic) bond motifs is 2. The first kappa shape index (κ1) is 17.3. The van der Waals surface area contributed by atoms with E-state index in [1.54, 1.807) is 0 Å². The number of carbonyl (C=O) groups is 2. The Labute approximate surface area is 151 Å². The smallest absolute Gasteiger partial charge is 0.248 e. The van der Waals surface area contributed by atoms with Gasteiger partial charge in [-0.25, -0.2) is 0 Å². The second-order valence-corrected chi connectivity index (χ2v) is 8.47. The van der Waals surface area contributed by atoms with Crippen molar-refractivity contribution in [2.45, 2.75) is 76.3 Å². The van der Waals surface area contributed by atoms with Crippen LogP contribution >= 0.6 is 0 Å². The number of rotatable bonds is 4. The minimum absolute atomic E-state index is 0.0664. The van der Waals surface area contributed by atoms with Crippen LogP contribution in [0.2, 0.25) is 0 Å². The molecule has 4 unspecified atom stereocenters. The Morgan fingerprint density at radius 3 is 1.60 bits per heavy atom. The van der Waals surface area contributed by atoms with Crippen molar-refractivity contribution in [3.05, 3.63) is 0 Å². The highest BCUT2D eigenvalue weighted by Gasteiger charge is 2.39. The van der Waals surface area contributed by atoms with Gasteiger partial charge in [-0.2, -0.15) is 0 Å². The van der Waals surface area contributed by atoms with Crippen LogP contribution in [0.3, 0.4) is 0 Å². The van der Waals surface area contributed by atoms with Gasteiger partial charge in [-0.1, -0.05) is 25.7 Å². The van der Waals surface area contributed by atoms with E-state index in [0.717, 1.165) is 38.8 Å². The zero-order valence-electron chi connectivity index (χ0n) is 15.3. The Balaban J connectivity index is 1.22. The number of amides is 2. The molecule has 2 heterocycles.